The Hall–Kier alpha value is -4.98. The molecule has 43 heavy (non-hydrogen) atoms. The van der Waals surface area contributed by atoms with E-state index in [0.29, 0.717) is 49.2 Å². The van der Waals surface area contributed by atoms with Crippen molar-refractivity contribution in [2.24, 2.45) is 0 Å². The summed E-state index contributed by atoms with van der Waals surface area (Å²) in [6.45, 7) is 3.23. The van der Waals surface area contributed by atoms with Gasteiger partial charge in [0, 0.05) is 60.9 Å². The van der Waals surface area contributed by atoms with E-state index < -0.39 is 26.6 Å². The van der Waals surface area contributed by atoms with Crippen molar-refractivity contribution in [1.82, 2.24) is 20.1 Å². The third kappa shape index (κ3) is 6.43. The zero-order valence-electron chi connectivity index (χ0n) is 23.1. The number of hydrogen-bond acceptors (Lipinski definition) is 9. The number of nitrogens with zero attached hydrogens (tertiary/aromatic N) is 5. The number of ketones is 1. The fraction of sp³-hybridized carbons (Fsp3) is 0.207. The first-order chi connectivity index (χ1) is 20.6. The quantitative estimate of drug-likeness (QED) is 0.298. The standard InChI is InChI=1S/C29H26F2N6O5S/c1-18(38)3-8-27(39)36-9-11-37(12-10-36)28-23-13-19(4-5-20(23)17-33-34-28)21-14-25(29(42-2)32-16-21)35-43(40,41)26-7-6-22(30)15-24(26)31/h3-8,13-17,35H,9-12H2,1-2H3/b8-3+. The summed E-state index contributed by atoms with van der Waals surface area (Å²) < 4.78 is 61.1. The molecule has 0 bridgehead atoms. The molecule has 4 aromatic rings. The van der Waals surface area contributed by atoms with Crippen LogP contribution in [0.5, 0.6) is 5.88 Å². The van der Waals surface area contributed by atoms with Gasteiger partial charge in [0.05, 0.1) is 13.3 Å². The number of fused-ring (bicyclic) bond motifs is 1. The highest BCUT2D eigenvalue weighted by Gasteiger charge is 2.24. The fourth-order valence-electron chi connectivity index (χ4n) is 4.65. The van der Waals surface area contributed by atoms with Crippen LogP contribution in [-0.4, -0.2) is 73.5 Å². The van der Waals surface area contributed by atoms with Crippen molar-refractivity contribution in [2.45, 2.75) is 11.8 Å². The molecule has 0 atom stereocenters. The Morgan fingerprint density at radius 2 is 1.74 bits per heavy atom. The highest BCUT2D eigenvalue weighted by atomic mass is 32.2. The molecule has 2 aromatic heterocycles. The van der Waals surface area contributed by atoms with Gasteiger partial charge >= 0.3 is 0 Å². The third-order valence-electron chi connectivity index (χ3n) is 6.80. The van der Waals surface area contributed by atoms with Crippen molar-refractivity contribution < 1.29 is 31.5 Å². The largest absolute Gasteiger partial charge is 0.480 e. The predicted octanol–water partition coefficient (Wildman–Crippen LogP) is 3.57. The van der Waals surface area contributed by atoms with Crippen LogP contribution in [0.1, 0.15) is 6.92 Å². The smallest absolute Gasteiger partial charge is 0.264 e. The topological polar surface area (TPSA) is 135 Å². The number of anilines is 2. The molecule has 5 rings (SSSR count). The van der Waals surface area contributed by atoms with Crippen LogP contribution in [0, 0.1) is 11.6 Å². The Labute approximate surface area is 245 Å². The van der Waals surface area contributed by atoms with E-state index in [1.54, 1.807) is 11.1 Å². The van der Waals surface area contributed by atoms with Crippen LogP contribution in [0.15, 0.2) is 71.9 Å². The number of aromatic nitrogens is 3. The molecule has 1 aliphatic heterocycles. The Morgan fingerprint density at radius 1 is 0.977 bits per heavy atom. The van der Waals surface area contributed by atoms with Crippen LogP contribution in [0.25, 0.3) is 21.9 Å². The summed E-state index contributed by atoms with van der Waals surface area (Å²) in [5.74, 6) is -2.02. The van der Waals surface area contributed by atoms with Gasteiger partial charge < -0.3 is 14.5 Å². The number of pyridine rings is 1. The van der Waals surface area contributed by atoms with Crippen molar-refractivity contribution >= 4 is 44.0 Å². The van der Waals surface area contributed by atoms with E-state index in [9.17, 15) is 26.8 Å². The molecule has 1 amide bonds. The molecule has 14 heteroatoms. The van der Waals surface area contributed by atoms with Gasteiger partial charge in [-0.3, -0.25) is 14.3 Å². The van der Waals surface area contributed by atoms with Crippen LogP contribution in [-0.2, 0) is 19.6 Å². The van der Waals surface area contributed by atoms with Gasteiger partial charge in [-0.15, -0.1) is 5.10 Å². The van der Waals surface area contributed by atoms with Crippen LogP contribution in [0.3, 0.4) is 0 Å². The van der Waals surface area contributed by atoms with Gasteiger partial charge in [0.25, 0.3) is 10.0 Å². The second kappa shape index (κ2) is 12.1. The van der Waals surface area contributed by atoms with Crippen molar-refractivity contribution in [1.29, 1.82) is 0 Å². The van der Waals surface area contributed by atoms with Crippen LogP contribution in [0.4, 0.5) is 20.3 Å². The molecule has 0 saturated carbocycles. The summed E-state index contributed by atoms with van der Waals surface area (Å²) in [7, 11) is -3.14. The Bertz CT molecular complexity index is 1860. The minimum atomic E-state index is -4.45. The number of halogens is 2. The van der Waals surface area contributed by atoms with Crippen molar-refractivity contribution in [2.75, 3.05) is 42.9 Å². The van der Waals surface area contributed by atoms with Crippen LogP contribution >= 0.6 is 0 Å². The van der Waals surface area contributed by atoms with E-state index in [1.807, 2.05) is 23.1 Å². The normalized spacial score (nSPS) is 13.9. The van der Waals surface area contributed by atoms with E-state index in [0.717, 1.165) is 22.9 Å². The predicted molar refractivity (Wildman–Crippen MR) is 155 cm³/mol. The van der Waals surface area contributed by atoms with Gasteiger partial charge in [-0.05, 0) is 42.8 Å². The Kier molecular flexibility index (Phi) is 8.30. The fourth-order valence-corrected chi connectivity index (χ4v) is 5.76. The molecule has 222 valence electrons. The summed E-state index contributed by atoms with van der Waals surface area (Å²) in [6, 6.07) is 9.19. The van der Waals surface area contributed by atoms with E-state index >= 15 is 0 Å². The number of nitrogens with one attached hydrogen (secondary N) is 1. The number of ether oxygens (including phenoxy) is 1. The third-order valence-corrected chi connectivity index (χ3v) is 8.20. The summed E-state index contributed by atoms with van der Waals surface area (Å²) in [4.78, 5) is 30.7. The number of hydrogen-bond donors (Lipinski definition) is 1. The van der Waals surface area contributed by atoms with Gasteiger partial charge in [0.1, 0.15) is 22.2 Å². The van der Waals surface area contributed by atoms with E-state index in [-0.39, 0.29) is 23.3 Å². The molecule has 1 aliphatic rings. The molecular formula is C29H26F2N6O5S. The lowest BCUT2D eigenvalue weighted by Gasteiger charge is -2.35. The summed E-state index contributed by atoms with van der Waals surface area (Å²) in [5.41, 5.74) is 1.15. The summed E-state index contributed by atoms with van der Waals surface area (Å²) in [5, 5.41) is 10.1. The lowest BCUT2D eigenvalue weighted by atomic mass is 10.0. The zero-order valence-corrected chi connectivity index (χ0v) is 23.9. The average Bonchev–Trinajstić information content (AvgIpc) is 2.99. The van der Waals surface area contributed by atoms with Crippen molar-refractivity contribution in [3.63, 3.8) is 0 Å². The summed E-state index contributed by atoms with van der Waals surface area (Å²) >= 11 is 0. The van der Waals surface area contributed by atoms with E-state index in [4.69, 9.17) is 4.74 Å². The lowest BCUT2D eigenvalue weighted by molar-refractivity contribution is -0.126. The molecule has 11 nitrogen and oxygen atoms in total. The van der Waals surface area contributed by atoms with E-state index in [2.05, 4.69) is 19.9 Å². The number of carbonyl (C=O) groups is 2. The SMILES string of the molecule is COc1ncc(-c2ccc3cnnc(N4CCN(C(=O)/C=C/C(C)=O)CC4)c3c2)cc1NS(=O)(=O)c1ccc(F)cc1F. The minimum Gasteiger partial charge on any atom is -0.480 e. The second-order valence-corrected chi connectivity index (χ2v) is 11.3. The first kappa shape index (κ1) is 29.5. The molecule has 1 saturated heterocycles. The summed E-state index contributed by atoms with van der Waals surface area (Å²) in [6.07, 6.45) is 5.65. The number of rotatable bonds is 8. The van der Waals surface area contributed by atoms with Crippen LogP contribution in [0.2, 0.25) is 0 Å². The maximum absolute atomic E-state index is 14.3. The first-order valence-electron chi connectivity index (χ1n) is 13.1. The molecule has 0 aliphatic carbocycles. The molecular weight excluding hydrogens is 582 g/mol. The number of benzene rings is 2. The molecule has 1 fully saturated rings. The monoisotopic (exact) mass is 608 g/mol. The highest BCUT2D eigenvalue weighted by molar-refractivity contribution is 7.92. The minimum absolute atomic E-state index is 0.0449. The Balaban J connectivity index is 1.43. The number of methoxy groups -OCH3 is 1. The molecule has 0 spiro atoms. The zero-order chi connectivity index (χ0) is 30.7. The Morgan fingerprint density at radius 3 is 2.44 bits per heavy atom. The maximum Gasteiger partial charge on any atom is 0.264 e. The van der Waals surface area contributed by atoms with Gasteiger partial charge in [-0.25, -0.2) is 22.2 Å². The highest BCUT2D eigenvalue weighted by Crippen LogP contribution is 2.34. The van der Waals surface area contributed by atoms with Gasteiger partial charge in [-0.2, -0.15) is 5.10 Å². The number of sulfonamides is 1. The first-order valence-corrected chi connectivity index (χ1v) is 14.5. The van der Waals surface area contributed by atoms with E-state index in [1.165, 1.54) is 38.4 Å². The number of allylic oxidation sites excluding steroid dienone is 1. The van der Waals surface area contributed by atoms with Gasteiger partial charge in [0.15, 0.2) is 11.6 Å². The molecule has 0 radical (unpaired) electrons. The van der Waals surface area contributed by atoms with Crippen LogP contribution < -0.4 is 14.4 Å². The van der Waals surface area contributed by atoms with Gasteiger partial charge in [-0.1, -0.05) is 12.1 Å². The lowest BCUT2D eigenvalue weighted by Crippen LogP contribution is -2.48. The second-order valence-electron chi connectivity index (χ2n) is 9.69. The van der Waals surface area contributed by atoms with Crippen molar-refractivity contribution in [3.05, 3.63) is 78.6 Å². The number of amides is 1. The molecule has 0 unspecified atom stereocenters. The maximum atomic E-state index is 14.3. The molecule has 1 N–H and O–H groups in total. The number of piperazine rings is 1. The number of carbonyl (C=O) groups excluding carboxylic acids is 2. The van der Waals surface area contributed by atoms with Gasteiger partial charge in [0.2, 0.25) is 11.8 Å². The molecule has 3 heterocycles. The average molecular weight is 609 g/mol. The van der Waals surface area contributed by atoms with Crippen molar-refractivity contribution in [3.8, 4) is 17.0 Å². The molecule has 2 aromatic carbocycles.